The predicted octanol–water partition coefficient (Wildman–Crippen LogP) is 3.81. The van der Waals surface area contributed by atoms with Gasteiger partial charge in [0.25, 0.3) is 0 Å². The first-order valence-electron chi connectivity index (χ1n) is 8.71. The highest BCUT2D eigenvalue weighted by Crippen LogP contribution is 2.23. The Balaban J connectivity index is 1.46. The average Bonchev–Trinajstić information content (AvgIpc) is 3.15. The molecule has 3 aromatic rings. The van der Waals surface area contributed by atoms with Gasteiger partial charge in [0.05, 0.1) is 17.9 Å². The summed E-state index contributed by atoms with van der Waals surface area (Å²) in [6.45, 7) is 0. The summed E-state index contributed by atoms with van der Waals surface area (Å²) in [7, 11) is 0. The van der Waals surface area contributed by atoms with Crippen molar-refractivity contribution < 1.29 is 14.4 Å². The molecular weight excluding hydrogens is 444 g/mol. The number of aromatic nitrogens is 1. The van der Waals surface area contributed by atoms with E-state index in [4.69, 9.17) is 17.3 Å². The second-order valence-corrected chi connectivity index (χ2v) is 8.63. The third-order valence-corrected chi connectivity index (χ3v) is 6.10. The summed E-state index contributed by atoms with van der Waals surface area (Å²) < 4.78 is 0.704. The van der Waals surface area contributed by atoms with Crippen molar-refractivity contribution >= 4 is 63.8 Å². The van der Waals surface area contributed by atoms with Crippen molar-refractivity contribution in [3.8, 4) is 0 Å². The van der Waals surface area contributed by atoms with Gasteiger partial charge in [-0.3, -0.25) is 14.4 Å². The average molecular weight is 461 g/mol. The normalized spacial score (nSPS) is 10.4. The zero-order valence-electron chi connectivity index (χ0n) is 15.6. The standard InChI is InChI=1S/C20H17ClN4O3S2/c21-13-3-7-15(8-4-13)24-18(27)11-30-20-25-16(10-29-20)9-17(26)23-14-5-1-12(2-6-14)19(22)28/h1-8,10H,9,11H2,(H2,22,28)(H,23,26)(H,24,27). The number of carbonyl (C=O) groups excluding carboxylic acids is 3. The Bertz CT molecular complexity index is 1050. The first-order valence-corrected chi connectivity index (χ1v) is 11.0. The molecule has 4 N–H and O–H groups in total. The van der Waals surface area contributed by atoms with Crippen molar-refractivity contribution in [2.45, 2.75) is 10.8 Å². The van der Waals surface area contributed by atoms with Crippen molar-refractivity contribution in [1.29, 1.82) is 0 Å². The highest BCUT2D eigenvalue weighted by molar-refractivity contribution is 8.01. The molecule has 1 aromatic heterocycles. The largest absolute Gasteiger partial charge is 0.366 e. The Kier molecular flexibility index (Phi) is 7.45. The number of nitrogens with zero attached hydrogens (tertiary/aromatic N) is 1. The molecule has 0 radical (unpaired) electrons. The number of thioether (sulfide) groups is 1. The summed E-state index contributed by atoms with van der Waals surface area (Å²) in [5, 5.41) is 7.91. The molecule has 2 aromatic carbocycles. The van der Waals surface area contributed by atoms with E-state index in [1.807, 2.05) is 0 Å². The molecular formula is C20H17ClN4O3S2. The van der Waals surface area contributed by atoms with Gasteiger partial charge in [-0.1, -0.05) is 23.4 Å². The van der Waals surface area contributed by atoms with Gasteiger partial charge in [-0.2, -0.15) is 0 Å². The van der Waals surface area contributed by atoms with Gasteiger partial charge in [0, 0.05) is 27.3 Å². The van der Waals surface area contributed by atoms with Gasteiger partial charge in [-0.05, 0) is 48.5 Å². The van der Waals surface area contributed by atoms with Crippen LogP contribution in [0.4, 0.5) is 11.4 Å². The summed E-state index contributed by atoms with van der Waals surface area (Å²) in [5.41, 5.74) is 7.41. The summed E-state index contributed by atoms with van der Waals surface area (Å²) in [6, 6.07) is 13.2. The zero-order valence-corrected chi connectivity index (χ0v) is 17.9. The molecule has 0 saturated heterocycles. The van der Waals surface area contributed by atoms with Crippen molar-refractivity contribution in [2.75, 3.05) is 16.4 Å². The number of nitrogens with two attached hydrogens (primary N) is 1. The maximum absolute atomic E-state index is 12.2. The molecule has 0 aliphatic rings. The smallest absolute Gasteiger partial charge is 0.248 e. The third-order valence-electron chi connectivity index (χ3n) is 3.78. The lowest BCUT2D eigenvalue weighted by Crippen LogP contribution is -2.15. The maximum atomic E-state index is 12.2. The number of benzene rings is 2. The topological polar surface area (TPSA) is 114 Å². The number of anilines is 2. The lowest BCUT2D eigenvalue weighted by Gasteiger charge is -2.05. The Hall–Kier alpha value is -2.88. The Morgan fingerprint density at radius 2 is 1.57 bits per heavy atom. The van der Waals surface area contributed by atoms with Crippen LogP contribution in [-0.2, 0) is 16.0 Å². The quantitative estimate of drug-likeness (QED) is 0.442. The first-order chi connectivity index (χ1) is 14.4. The Morgan fingerprint density at radius 1 is 0.967 bits per heavy atom. The van der Waals surface area contributed by atoms with E-state index >= 15 is 0 Å². The third kappa shape index (κ3) is 6.58. The monoisotopic (exact) mass is 460 g/mol. The zero-order chi connectivity index (χ0) is 21.5. The number of thiazole rings is 1. The minimum Gasteiger partial charge on any atom is -0.366 e. The number of amides is 3. The highest BCUT2D eigenvalue weighted by atomic mass is 35.5. The molecule has 3 rings (SSSR count). The maximum Gasteiger partial charge on any atom is 0.248 e. The Morgan fingerprint density at radius 3 is 2.20 bits per heavy atom. The number of hydrogen-bond donors (Lipinski definition) is 3. The molecule has 1 heterocycles. The molecule has 0 saturated carbocycles. The fourth-order valence-electron chi connectivity index (χ4n) is 2.38. The number of halogens is 1. The van der Waals surface area contributed by atoms with Gasteiger partial charge >= 0.3 is 0 Å². The van der Waals surface area contributed by atoms with E-state index in [0.29, 0.717) is 32.0 Å². The van der Waals surface area contributed by atoms with Crippen LogP contribution in [0.15, 0.2) is 58.3 Å². The number of nitrogens with one attached hydrogen (secondary N) is 2. The summed E-state index contributed by atoms with van der Waals surface area (Å²) in [6.07, 6.45) is 0.103. The molecule has 0 fully saturated rings. The lowest BCUT2D eigenvalue weighted by atomic mass is 10.2. The SMILES string of the molecule is NC(=O)c1ccc(NC(=O)Cc2csc(SCC(=O)Nc3ccc(Cl)cc3)n2)cc1. The van der Waals surface area contributed by atoms with Gasteiger partial charge in [0.1, 0.15) is 0 Å². The minimum atomic E-state index is -0.526. The number of hydrogen-bond acceptors (Lipinski definition) is 6. The van der Waals surface area contributed by atoms with Crippen molar-refractivity contribution in [3.05, 3.63) is 70.2 Å². The molecule has 10 heteroatoms. The molecule has 0 atom stereocenters. The second-order valence-electron chi connectivity index (χ2n) is 6.12. The van der Waals surface area contributed by atoms with Crippen LogP contribution in [-0.4, -0.2) is 28.5 Å². The van der Waals surface area contributed by atoms with Crippen molar-refractivity contribution in [3.63, 3.8) is 0 Å². The molecule has 0 bridgehead atoms. The Labute approximate surface area is 186 Å². The molecule has 0 aliphatic heterocycles. The fraction of sp³-hybridized carbons (Fsp3) is 0.100. The van der Waals surface area contributed by atoms with Crippen LogP contribution < -0.4 is 16.4 Å². The molecule has 30 heavy (non-hydrogen) atoms. The summed E-state index contributed by atoms with van der Waals surface area (Å²) in [5.74, 6) is -0.712. The van der Waals surface area contributed by atoms with Gasteiger partial charge < -0.3 is 16.4 Å². The van der Waals surface area contributed by atoms with Crippen LogP contribution in [0.2, 0.25) is 5.02 Å². The van der Waals surface area contributed by atoms with Crippen LogP contribution in [0, 0.1) is 0 Å². The van der Waals surface area contributed by atoms with Gasteiger partial charge in [-0.15, -0.1) is 11.3 Å². The number of primary amides is 1. The lowest BCUT2D eigenvalue weighted by molar-refractivity contribution is -0.116. The summed E-state index contributed by atoms with van der Waals surface area (Å²) >= 11 is 8.50. The van der Waals surface area contributed by atoms with Crippen LogP contribution in [0.1, 0.15) is 16.1 Å². The van der Waals surface area contributed by atoms with E-state index in [-0.39, 0.29) is 24.0 Å². The van der Waals surface area contributed by atoms with Crippen LogP contribution in [0.5, 0.6) is 0 Å². The molecule has 3 amide bonds. The molecule has 0 unspecified atom stereocenters. The van der Waals surface area contributed by atoms with E-state index in [1.54, 1.807) is 53.9 Å². The number of rotatable bonds is 8. The fourth-order valence-corrected chi connectivity index (χ4v) is 4.15. The van der Waals surface area contributed by atoms with Gasteiger partial charge in [0.15, 0.2) is 4.34 Å². The van der Waals surface area contributed by atoms with E-state index in [9.17, 15) is 14.4 Å². The predicted molar refractivity (Wildman–Crippen MR) is 120 cm³/mol. The minimum absolute atomic E-state index is 0.103. The van der Waals surface area contributed by atoms with E-state index < -0.39 is 5.91 Å². The second kappa shape index (κ2) is 10.2. The van der Waals surface area contributed by atoms with Gasteiger partial charge in [-0.25, -0.2) is 4.98 Å². The summed E-state index contributed by atoms with van der Waals surface area (Å²) in [4.78, 5) is 39.7. The van der Waals surface area contributed by atoms with Gasteiger partial charge in [0.2, 0.25) is 17.7 Å². The molecule has 154 valence electrons. The number of carbonyl (C=O) groups is 3. The van der Waals surface area contributed by atoms with Crippen LogP contribution in [0.3, 0.4) is 0 Å². The van der Waals surface area contributed by atoms with Crippen molar-refractivity contribution in [2.24, 2.45) is 5.73 Å². The first kappa shape index (κ1) is 21.8. The van der Waals surface area contributed by atoms with Crippen molar-refractivity contribution in [1.82, 2.24) is 4.98 Å². The van der Waals surface area contributed by atoms with E-state index in [0.717, 1.165) is 0 Å². The van der Waals surface area contributed by atoms with Crippen LogP contribution >= 0.6 is 34.7 Å². The van der Waals surface area contributed by atoms with E-state index in [1.165, 1.54) is 23.1 Å². The van der Waals surface area contributed by atoms with Crippen LogP contribution in [0.25, 0.3) is 0 Å². The molecule has 7 nitrogen and oxygen atoms in total. The molecule has 0 spiro atoms. The highest BCUT2D eigenvalue weighted by Gasteiger charge is 2.11. The molecule has 0 aliphatic carbocycles. The van der Waals surface area contributed by atoms with E-state index in [2.05, 4.69) is 15.6 Å².